The van der Waals surface area contributed by atoms with E-state index in [0.717, 1.165) is 40.1 Å². The summed E-state index contributed by atoms with van der Waals surface area (Å²) in [5, 5.41) is 22.6. The number of aromatic nitrogens is 2. The monoisotopic (exact) mass is 426 g/mol. The van der Waals surface area contributed by atoms with Crippen molar-refractivity contribution in [1.82, 2.24) is 9.38 Å². The fourth-order valence-electron chi connectivity index (χ4n) is 3.44. The van der Waals surface area contributed by atoms with Gasteiger partial charge in [0.25, 0.3) is 11.2 Å². The minimum absolute atomic E-state index is 0.0664. The highest BCUT2D eigenvalue weighted by molar-refractivity contribution is 7.15. The Bertz CT molecular complexity index is 1490. The number of hydrogen-bond acceptors (Lipinski definition) is 8. The number of hydrogen-bond donors (Lipinski definition) is 0. The van der Waals surface area contributed by atoms with Crippen LogP contribution in [0.5, 0.6) is 5.75 Å². The Morgan fingerprint density at radius 2 is 1.87 bits per heavy atom. The maximum Gasteiger partial charge on any atom is 0.318 e. The number of benzene rings is 2. The second-order valence-corrected chi connectivity index (χ2v) is 7.71. The van der Waals surface area contributed by atoms with Crippen LogP contribution in [0.4, 0.5) is 11.4 Å². The standard InChI is InChI=1S/C19H14N4O6S/c1-9-4-10(2)16-13(5-9)21-18(24)15(30-19(21)20-16)7-11-6-12(22(25)26)8-14(23(27)28)17(11)29-3/h4-8H,1-3H3/b15-7-. The van der Waals surface area contributed by atoms with E-state index in [9.17, 15) is 25.0 Å². The van der Waals surface area contributed by atoms with Crippen molar-refractivity contribution in [3.05, 3.63) is 76.1 Å². The van der Waals surface area contributed by atoms with E-state index in [1.807, 2.05) is 26.0 Å². The Hall–Kier alpha value is -3.86. The Morgan fingerprint density at radius 1 is 1.13 bits per heavy atom. The lowest BCUT2D eigenvalue weighted by molar-refractivity contribution is -0.394. The molecule has 0 aliphatic heterocycles. The molecule has 4 rings (SSSR count). The Labute approximate surface area is 171 Å². The van der Waals surface area contributed by atoms with E-state index in [-0.39, 0.29) is 21.4 Å². The lowest BCUT2D eigenvalue weighted by atomic mass is 10.1. The highest BCUT2D eigenvalue weighted by atomic mass is 32.1. The number of nitro groups is 2. The van der Waals surface area contributed by atoms with E-state index in [2.05, 4.69) is 4.98 Å². The summed E-state index contributed by atoms with van der Waals surface area (Å²) in [6, 6.07) is 5.80. The number of aryl methyl sites for hydroxylation is 2. The summed E-state index contributed by atoms with van der Waals surface area (Å²) in [5.74, 6) is -0.160. The molecule has 0 fully saturated rings. The number of thiazole rings is 1. The molecule has 0 saturated carbocycles. The van der Waals surface area contributed by atoms with Gasteiger partial charge >= 0.3 is 5.69 Å². The second kappa shape index (κ2) is 6.88. The van der Waals surface area contributed by atoms with Crippen molar-refractivity contribution < 1.29 is 14.6 Å². The van der Waals surface area contributed by atoms with E-state index in [0.29, 0.717) is 10.5 Å². The number of ether oxygens (including phenoxy) is 1. The molecule has 0 aliphatic rings. The number of nitro benzene ring substituents is 2. The molecule has 10 nitrogen and oxygen atoms in total. The van der Waals surface area contributed by atoms with Crippen LogP contribution in [0.1, 0.15) is 16.7 Å². The van der Waals surface area contributed by atoms with Crippen molar-refractivity contribution in [1.29, 1.82) is 0 Å². The highest BCUT2D eigenvalue weighted by Crippen LogP contribution is 2.35. The third-order valence-corrected chi connectivity index (χ3v) is 5.63. The van der Waals surface area contributed by atoms with Gasteiger partial charge in [0.05, 0.1) is 38.6 Å². The minimum atomic E-state index is -0.762. The fourth-order valence-corrected chi connectivity index (χ4v) is 4.41. The number of nitrogens with zero attached hydrogens (tertiary/aromatic N) is 4. The molecule has 0 bridgehead atoms. The van der Waals surface area contributed by atoms with E-state index in [1.54, 1.807) is 0 Å². The number of non-ortho nitro benzene ring substituents is 1. The molecule has 11 heteroatoms. The maximum atomic E-state index is 13.1. The van der Waals surface area contributed by atoms with E-state index >= 15 is 0 Å². The quantitative estimate of drug-likeness (QED) is 0.362. The van der Waals surface area contributed by atoms with Crippen molar-refractivity contribution >= 4 is 44.8 Å². The lowest BCUT2D eigenvalue weighted by Crippen LogP contribution is -2.22. The zero-order valence-corrected chi connectivity index (χ0v) is 16.8. The van der Waals surface area contributed by atoms with Gasteiger partial charge in [-0.1, -0.05) is 17.4 Å². The predicted octanol–water partition coefficient (Wildman–Crippen LogP) is 2.90. The third kappa shape index (κ3) is 2.95. The van der Waals surface area contributed by atoms with Crippen molar-refractivity contribution in [2.24, 2.45) is 0 Å². The molecular weight excluding hydrogens is 412 g/mol. The van der Waals surface area contributed by atoms with Gasteiger partial charge in [-0.05, 0) is 37.1 Å². The topological polar surface area (TPSA) is 130 Å². The maximum absolute atomic E-state index is 13.1. The second-order valence-electron chi connectivity index (χ2n) is 6.70. The molecule has 0 N–H and O–H groups in total. The van der Waals surface area contributed by atoms with Gasteiger partial charge in [-0.3, -0.25) is 25.0 Å². The SMILES string of the molecule is COc1c(/C=c2\sc3nc4c(C)cc(C)cc4n3c2=O)cc([N+](=O)[O-])cc1[N+](=O)[O-]. The first kappa shape index (κ1) is 19.5. The molecule has 0 spiro atoms. The van der Waals surface area contributed by atoms with E-state index in [4.69, 9.17) is 4.74 Å². The van der Waals surface area contributed by atoms with Crippen LogP contribution in [0, 0.1) is 34.1 Å². The number of methoxy groups -OCH3 is 1. The van der Waals surface area contributed by atoms with Gasteiger partial charge in [0.1, 0.15) is 0 Å². The summed E-state index contributed by atoms with van der Waals surface area (Å²) < 4.78 is 6.83. The molecule has 0 amide bonds. The first-order valence-corrected chi connectivity index (χ1v) is 9.47. The summed E-state index contributed by atoms with van der Waals surface area (Å²) in [4.78, 5) is 39.1. The molecule has 4 aromatic rings. The van der Waals surface area contributed by atoms with Crippen LogP contribution in [0.2, 0.25) is 0 Å². The van der Waals surface area contributed by atoms with Crippen molar-refractivity contribution in [3.8, 4) is 5.75 Å². The van der Waals surface area contributed by atoms with E-state index in [1.165, 1.54) is 17.6 Å². The zero-order chi connectivity index (χ0) is 21.7. The van der Waals surface area contributed by atoms with Crippen LogP contribution >= 0.6 is 11.3 Å². The largest absolute Gasteiger partial charge is 0.490 e. The van der Waals surface area contributed by atoms with Gasteiger partial charge < -0.3 is 4.74 Å². The van der Waals surface area contributed by atoms with Crippen molar-refractivity contribution in [3.63, 3.8) is 0 Å². The average molecular weight is 426 g/mol. The van der Waals surface area contributed by atoms with Crippen LogP contribution in [0.3, 0.4) is 0 Å². The summed E-state index contributed by atoms with van der Waals surface area (Å²) in [6.45, 7) is 3.83. The van der Waals surface area contributed by atoms with Crippen LogP contribution in [-0.4, -0.2) is 26.3 Å². The molecule has 0 atom stereocenters. The lowest BCUT2D eigenvalue weighted by Gasteiger charge is -2.05. The third-order valence-electron chi connectivity index (χ3n) is 4.66. The molecule has 30 heavy (non-hydrogen) atoms. The highest BCUT2D eigenvalue weighted by Gasteiger charge is 2.24. The van der Waals surface area contributed by atoms with E-state index < -0.39 is 21.2 Å². The van der Waals surface area contributed by atoms with Crippen LogP contribution in [0.15, 0.2) is 29.1 Å². The summed E-state index contributed by atoms with van der Waals surface area (Å²) >= 11 is 1.10. The molecule has 152 valence electrons. The van der Waals surface area contributed by atoms with Gasteiger partial charge in [-0.25, -0.2) is 9.38 Å². The molecule has 0 radical (unpaired) electrons. The molecular formula is C19H14N4O6S. The fraction of sp³-hybridized carbons (Fsp3) is 0.158. The van der Waals surface area contributed by atoms with Crippen molar-refractivity contribution in [2.75, 3.05) is 7.11 Å². The number of rotatable bonds is 4. The minimum Gasteiger partial charge on any atom is -0.490 e. The van der Waals surface area contributed by atoms with Gasteiger partial charge in [-0.2, -0.15) is 0 Å². The zero-order valence-electron chi connectivity index (χ0n) is 16.0. The average Bonchev–Trinajstić information content (AvgIpc) is 3.18. The molecule has 2 heterocycles. The summed E-state index contributed by atoms with van der Waals surface area (Å²) in [5.41, 5.74) is 1.99. The molecule has 0 saturated heterocycles. The van der Waals surface area contributed by atoms with Gasteiger partial charge in [0.15, 0.2) is 4.96 Å². The van der Waals surface area contributed by atoms with Gasteiger partial charge in [0.2, 0.25) is 5.75 Å². The van der Waals surface area contributed by atoms with Crippen LogP contribution in [-0.2, 0) is 0 Å². The molecule has 2 aromatic heterocycles. The summed E-state index contributed by atoms with van der Waals surface area (Å²) in [6.07, 6.45) is 1.36. The molecule has 0 unspecified atom stereocenters. The van der Waals surface area contributed by atoms with Crippen LogP contribution in [0.25, 0.3) is 22.1 Å². The Kier molecular flexibility index (Phi) is 4.46. The van der Waals surface area contributed by atoms with Crippen molar-refractivity contribution in [2.45, 2.75) is 13.8 Å². The summed E-state index contributed by atoms with van der Waals surface area (Å²) in [7, 11) is 1.23. The number of imidazole rings is 1. The predicted molar refractivity (Wildman–Crippen MR) is 111 cm³/mol. The molecule has 2 aromatic carbocycles. The smallest absolute Gasteiger partial charge is 0.318 e. The normalized spacial score (nSPS) is 12.0. The first-order chi connectivity index (χ1) is 14.2. The number of fused-ring (bicyclic) bond motifs is 3. The van der Waals surface area contributed by atoms with Gasteiger partial charge in [-0.15, -0.1) is 0 Å². The van der Waals surface area contributed by atoms with Gasteiger partial charge in [0, 0.05) is 11.6 Å². The first-order valence-electron chi connectivity index (χ1n) is 8.66. The molecule has 0 aliphatic carbocycles. The Balaban J connectivity index is 2.05. The van der Waals surface area contributed by atoms with Crippen LogP contribution < -0.4 is 14.8 Å². The Morgan fingerprint density at radius 3 is 2.50 bits per heavy atom.